The topological polar surface area (TPSA) is 32.3 Å². The van der Waals surface area contributed by atoms with Crippen LogP contribution in [0.5, 0.6) is 0 Å². The largest absolute Gasteiger partial charge is 0.395 e. The zero-order valence-corrected chi connectivity index (χ0v) is 5.27. The van der Waals surface area contributed by atoms with Crippen LogP contribution in [-0.2, 0) is 0 Å². The summed E-state index contributed by atoms with van der Waals surface area (Å²) in [5.41, 5.74) is 0. The molecule has 0 fully saturated rings. The number of hydrogen-bond donors (Lipinski definition) is 2. The van der Waals surface area contributed by atoms with Crippen molar-refractivity contribution in [2.24, 2.45) is 0 Å². The molecule has 0 aliphatic carbocycles. The summed E-state index contributed by atoms with van der Waals surface area (Å²) in [7, 11) is 0. The van der Waals surface area contributed by atoms with Crippen molar-refractivity contribution in [2.75, 3.05) is 13.2 Å². The van der Waals surface area contributed by atoms with Crippen molar-refractivity contribution in [3.63, 3.8) is 0 Å². The molecule has 4 heteroatoms. The third kappa shape index (κ3) is 4.29. The van der Waals surface area contributed by atoms with Gasteiger partial charge in [0.05, 0.1) is 12.6 Å². The van der Waals surface area contributed by atoms with Crippen LogP contribution in [0, 0.1) is 0 Å². The Morgan fingerprint density at radius 2 is 2.11 bits per heavy atom. The third-order valence-corrected chi connectivity index (χ3v) is 0.956. The Kier molecular flexibility index (Phi) is 4.53. The minimum absolute atomic E-state index is 0.100. The van der Waals surface area contributed by atoms with Crippen LogP contribution in [0.25, 0.3) is 0 Å². The lowest BCUT2D eigenvalue weighted by molar-refractivity contribution is 0.103. The lowest BCUT2D eigenvalue weighted by atomic mass is 10.3. The van der Waals surface area contributed by atoms with Crippen molar-refractivity contribution in [1.82, 2.24) is 5.32 Å². The second kappa shape index (κ2) is 4.64. The summed E-state index contributed by atoms with van der Waals surface area (Å²) >= 11 is 0. The van der Waals surface area contributed by atoms with E-state index in [4.69, 9.17) is 5.11 Å². The number of rotatable bonds is 4. The molecular formula is C5H11F2NO. The second-order valence-corrected chi connectivity index (χ2v) is 1.80. The Balaban J connectivity index is 3.16. The number of hydrogen-bond acceptors (Lipinski definition) is 2. The predicted octanol–water partition coefficient (Wildman–Crippen LogP) is 0.222. The highest BCUT2D eigenvalue weighted by Gasteiger charge is 2.11. The highest BCUT2D eigenvalue weighted by Crippen LogP contribution is 1.97. The van der Waals surface area contributed by atoms with E-state index in [1.54, 1.807) is 0 Å². The summed E-state index contributed by atoms with van der Waals surface area (Å²) in [6, 6.07) is -0.822. The molecule has 2 N–H and O–H groups in total. The zero-order chi connectivity index (χ0) is 7.28. The average Bonchev–Trinajstić information content (AvgIpc) is 1.82. The molecule has 0 aromatic carbocycles. The fourth-order valence-corrected chi connectivity index (χ4v) is 0.381. The number of halogens is 2. The molecule has 0 bridgehead atoms. The van der Waals surface area contributed by atoms with Crippen LogP contribution in [0.4, 0.5) is 8.78 Å². The minimum Gasteiger partial charge on any atom is -0.395 e. The summed E-state index contributed by atoms with van der Waals surface area (Å²) < 4.78 is 23.2. The standard InChI is InChI=1S/C5H11F2NO/c1-4(5(6)7)8-2-3-9/h4-5,8-9H,2-3H2,1H3. The smallest absolute Gasteiger partial charge is 0.253 e. The molecule has 0 spiro atoms. The number of aliphatic hydroxyl groups is 1. The predicted molar refractivity (Wildman–Crippen MR) is 30.6 cm³/mol. The monoisotopic (exact) mass is 139 g/mol. The first-order chi connectivity index (χ1) is 4.18. The van der Waals surface area contributed by atoms with Gasteiger partial charge in [0.1, 0.15) is 0 Å². The summed E-state index contributed by atoms with van der Waals surface area (Å²) in [6.07, 6.45) is -2.35. The van der Waals surface area contributed by atoms with Crippen LogP contribution < -0.4 is 5.32 Å². The first-order valence-electron chi connectivity index (χ1n) is 2.81. The number of alkyl halides is 2. The fraction of sp³-hybridized carbons (Fsp3) is 1.00. The van der Waals surface area contributed by atoms with E-state index < -0.39 is 12.5 Å². The molecule has 0 aromatic rings. The molecule has 2 nitrogen and oxygen atoms in total. The van der Waals surface area contributed by atoms with Gasteiger partial charge in [-0.25, -0.2) is 8.78 Å². The van der Waals surface area contributed by atoms with Crippen LogP contribution >= 0.6 is 0 Å². The maximum atomic E-state index is 11.6. The Labute approximate surface area is 52.9 Å². The average molecular weight is 139 g/mol. The van der Waals surface area contributed by atoms with Crippen LogP contribution in [0.1, 0.15) is 6.92 Å². The molecule has 0 saturated carbocycles. The Bertz CT molecular complexity index is 70.0. The molecular weight excluding hydrogens is 128 g/mol. The van der Waals surface area contributed by atoms with Gasteiger partial charge in [-0.1, -0.05) is 0 Å². The molecule has 0 saturated heterocycles. The Hall–Kier alpha value is -0.220. The number of aliphatic hydroxyl groups excluding tert-OH is 1. The maximum Gasteiger partial charge on any atom is 0.253 e. The molecule has 1 unspecified atom stereocenters. The summed E-state index contributed by atoms with van der Waals surface area (Å²) in [5, 5.41) is 10.6. The van der Waals surface area contributed by atoms with Crippen molar-refractivity contribution in [2.45, 2.75) is 19.4 Å². The first kappa shape index (κ1) is 8.78. The van der Waals surface area contributed by atoms with Gasteiger partial charge >= 0.3 is 0 Å². The second-order valence-electron chi connectivity index (χ2n) is 1.80. The third-order valence-electron chi connectivity index (χ3n) is 0.956. The Morgan fingerprint density at radius 3 is 2.44 bits per heavy atom. The van der Waals surface area contributed by atoms with Crippen molar-refractivity contribution in [3.8, 4) is 0 Å². The van der Waals surface area contributed by atoms with Crippen LogP contribution in [0.2, 0.25) is 0 Å². The molecule has 56 valence electrons. The molecule has 0 aromatic heterocycles. The molecule has 1 atom stereocenters. The van der Waals surface area contributed by atoms with E-state index >= 15 is 0 Å². The van der Waals surface area contributed by atoms with Gasteiger partial charge in [-0.3, -0.25) is 0 Å². The van der Waals surface area contributed by atoms with Crippen molar-refractivity contribution >= 4 is 0 Å². The lowest BCUT2D eigenvalue weighted by Crippen LogP contribution is -2.34. The zero-order valence-electron chi connectivity index (χ0n) is 5.27. The van der Waals surface area contributed by atoms with Gasteiger partial charge in [0.15, 0.2) is 0 Å². The van der Waals surface area contributed by atoms with Gasteiger partial charge in [0.2, 0.25) is 0 Å². The number of nitrogens with one attached hydrogen (secondary N) is 1. The molecule has 0 rings (SSSR count). The maximum absolute atomic E-state index is 11.6. The van der Waals surface area contributed by atoms with E-state index in [1.165, 1.54) is 6.92 Å². The highest BCUT2D eigenvalue weighted by molar-refractivity contribution is 4.60. The molecule has 9 heavy (non-hydrogen) atoms. The van der Waals surface area contributed by atoms with E-state index in [2.05, 4.69) is 5.32 Å². The Morgan fingerprint density at radius 1 is 1.56 bits per heavy atom. The molecule has 0 amide bonds. The quantitative estimate of drug-likeness (QED) is 0.584. The van der Waals surface area contributed by atoms with Crippen molar-refractivity contribution in [3.05, 3.63) is 0 Å². The van der Waals surface area contributed by atoms with Crippen LogP contribution in [0.3, 0.4) is 0 Å². The molecule has 0 heterocycles. The first-order valence-corrected chi connectivity index (χ1v) is 2.81. The van der Waals surface area contributed by atoms with E-state index in [0.717, 1.165) is 0 Å². The van der Waals surface area contributed by atoms with Gasteiger partial charge in [-0.05, 0) is 6.92 Å². The van der Waals surface area contributed by atoms with Gasteiger partial charge < -0.3 is 10.4 Å². The minimum atomic E-state index is -2.35. The SMILES string of the molecule is CC(NCCO)C(F)F. The summed E-state index contributed by atoms with van der Waals surface area (Å²) in [6.45, 7) is 1.50. The molecule has 0 radical (unpaired) electrons. The summed E-state index contributed by atoms with van der Waals surface area (Å²) in [4.78, 5) is 0. The van der Waals surface area contributed by atoms with E-state index in [-0.39, 0.29) is 13.2 Å². The fourth-order valence-electron chi connectivity index (χ4n) is 0.381. The van der Waals surface area contributed by atoms with Crippen molar-refractivity contribution < 1.29 is 13.9 Å². The summed E-state index contributed by atoms with van der Waals surface area (Å²) in [5.74, 6) is 0. The van der Waals surface area contributed by atoms with Crippen molar-refractivity contribution in [1.29, 1.82) is 0 Å². The molecule has 0 aliphatic rings. The van der Waals surface area contributed by atoms with Crippen LogP contribution in [0.15, 0.2) is 0 Å². The molecule has 0 aliphatic heterocycles. The van der Waals surface area contributed by atoms with Gasteiger partial charge in [-0.15, -0.1) is 0 Å². The lowest BCUT2D eigenvalue weighted by Gasteiger charge is -2.10. The van der Waals surface area contributed by atoms with Gasteiger partial charge in [0, 0.05) is 6.54 Å². The van der Waals surface area contributed by atoms with Gasteiger partial charge in [0.25, 0.3) is 6.43 Å². The normalized spacial score (nSPS) is 14.3. The highest BCUT2D eigenvalue weighted by atomic mass is 19.3. The van der Waals surface area contributed by atoms with Gasteiger partial charge in [-0.2, -0.15) is 0 Å². The van der Waals surface area contributed by atoms with E-state index in [0.29, 0.717) is 0 Å². The van der Waals surface area contributed by atoms with E-state index in [1.807, 2.05) is 0 Å². The van der Waals surface area contributed by atoms with E-state index in [9.17, 15) is 8.78 Å². The van der Waals surface area contributed by atoms with Crippen LogP contribution in [-0.4, -0.2) is 30.7 Å².